The van der Waals surface area contributed by atoms with Crippen molar-refractivity contribution in [2.75, 3.05) is 34.4 Å². The summed E-state index contributed by atoms with van der Waals surface area (Å²) >= 11 is 0. The second kappa shape index (κ2) is 10.3. The third kappa shape index (κ3) is 5.35. The Morgan fingerprint density at radius 1 is 1.00 bits per heavy atom. The first-order valence-corrected chi connectivity index (χ1v) is 11.4. The summed E-state index contributed by atoms with van der Waals surface area (Å²) in [6.45, 7) is 8.29. The van der Waals surface area contributed by atoms with E-state index in [1.807, 2.05) is 6.07 Å². The molecule has 0 amide bonds. The fourth-order valence-corrected chi connectivity index (χ4v) is 5.24. The first-order chi connectivity index (χ1) is 14.5. The number of methoxy groups -OCH3 is 2. The van der Waals surface area contributed by atoms with Crippen molar-refractivity contribution in [2.45, 2.75) is 45.7 Å². The number of nitrogens with one attached hydrogen (secondary N) is 1. The van der Waals surface area contributed by atoms with Crippen molar-refractivity contribution in [3.63, 3.8) is 0 Å². The van der Waals surface area contributed by atoms with E-state index in [1.54, 1.807) is 19.1 Å². The lowest BCUT2D eigenvalue weighted by atomic mass is 9.63. The number of hydrogen-bond acceptors (Lipinski definition) is 2. The molecule has 0 bridgehead atoms. The lowest BCUT2D eigenvalue weighted by Crippen LogP contribution is -3.15. The van der Waals surface area contributed by atoms with Crippen molar-refractivity contribution in [1.82, 2.24) is 0 Å². The molecular weight excluding hydrogens is 372 g/mol. The van der Waals surface area contributed by atoms with Crippen LogP contribution in [0.1, 0.15) is 37.8 Å². The maximum atomic E-state index is 5.46. The van der Waals surface area contributed by atoms with E-state index in [2.05, 4.69) is 68.7 Å². The zero-order valence-corrected chi connectivity index (χ0v) is 19.4. The highest BCUT2D eigenvalue weighted by Gasteiger charge is 2.44. The van der Waals surface area contributed by atoms with Crippen molar-refractivity contribution < 1.29 is 19.7 Å². The van der Waals surface area contributed by atoms with Gasteiger partial charge in [-0.25, -0.2) is 0 Å². The van der Waals surface area contributed by atoms with Crippen LogP contribution in [0.2, 0.25) is 0 Å². The molecule has 0 aliphatic carbocycles. The molecule has 4 nitrogen and oxygen atoms in total. The fraction of sp³-hybridized carbons (Fsp3) is 0.538. The topological polar surface area (TPSA) is 39.5 Å². The van der Waals surface area contributed by atoms with E-state index in [0.29, 0.717) is 5.41 Å². The summed E-state index contributed by atoms with van der Waals surface area (Å²) in [7, 11) is 5.74. The number of rotatable bonds is 9. The summed E-state index contributed by atoms with van der Waals surface area (Å²) in [5.74, 6) is 2.33. The van der Waals surface area contributed by atoms with Crippen LogP contribution in [0.3, 0.4) is 0 Å². The minimum atomic E-state index is 0.383. The summed E-state index contributed by atoms with van der Waals surface area (Å²) < 4.78 is 10.8. The van der Waals surface area contributed by atoms with Crippen LogP contribution in [0.25, 0.3) is 0 Å². The second-order valence-electron chi connectivity index (χ2n) is 9.30. The van der Waals surface area contributed by atoms with Crippen LogP contribution in [0.15, 0.2) is 48.5 Å². The minimum absolute atomic E-state index is 0.383. The summed E-state index contributed by atoms with van der Waals surface area (Å²) in [6.07, 6.45) is 3.75. The first-order valence-electron chi connectivity index (χ1n) is 11.4. The zero-order valence-electron chi connectivity index (χ0n) is 19.4. The second-order valence-corrected chi connectivity index (χ2v) is 9.30. The number of hydrogen-bond donors (Lipinski definition) is 2. The molecule has 0 spiro atoms. The van der Waals surface area contributed by atoms with Gasteiger partial charge in [0.25, 0.3) is 0 Å². The van der Waals surface area contributed by atoms with Crippen LogP contribution in [0.5, 0.6) is 11.5 Å². The number of piperidine rings is 1. The zero-order chi connectivity index (χ0) is 21.6. The van der Waals surface area contributed by atoms with E-state index in [-0.39, 0.29) is 0 Å². The van der Waals surface area contributed by atoms with E-state index in [0.717, 1.165) is 36.5 Å². The molecule has 0 saturated carbocycles. The largest absolute Gasteiger partial charge is 0.493 e. The molecule has 1 heterocycles. The molecule has 2 aromatic rings. The summed E-state index contributed by atoms with van der Waals surface area (Å²) in [5.41, 5.74) is 3.14. The maximum Gasteiger partial charge on any atom is 0.161 e. The van der Waals surface area contributed by atoms with Gasteiger partial charge in [-0.05, 0) is 42.5 Å². The van der Waals surface area contributed by atoms with Gasteiger partial charge in [-0.15, -0.1) is 0 Å². The Bertz CT molecular complexity index is 795. The van der Waals surface area contributed by atoms with Crippen molar-refractivity contribution >= 4 is 0 Å². The third-order valence-electron chi connectivity index (χ3n) is 7.30. The van der Waals surface area contributed by atoms with Gasteiger partial charge in [0.05, 0.1) is 40.4 Å². The lowest BCUT2D eigenvalue weighted by Gasteiger charge is -2.47. The predicted octanol–water partition coefficient (Wildman–Crippen LogP) is 2.33. The van der Waals surface area contributed by atoms with Crippen molar-refractivity contribution in [3.8, 4) is 11.5 Å². The summed E-state index contributed by atoms with van der Waals surface area (Å²) in [6, 6.07) is 18.0. The molecule has 4 atom stereocenters. The number of nitrogens with two attached hydrogens (primary N) is 1. The Kier molecular flexibility index (Phi) is 7.79. The molecule has 1 aliphatic rings. The van der Waals surface area contributed by atoms with Gasteiger partial charge in [-0.3, -0.25) is 0 Å². The van der Waals surface area contributed by atoms with Gasteiger partial charge in [0.15, 0.2) is 11.5 Å². The minimum Gasteiger partial charge on any atom is -0.493 e. The fourth-order valence-electron chi connectivity index (χ4n) is 5.24. The molecule has 1 saturated heterocycles. The predicted molar refractivity (Wildman–Crippen MR) is 122 cm³/mol. The van der Waals surface area contributed by atoms with E-state index in [1.165, 1.54) is 36.9 Å². The first kappa shape index (κ1) is 22.6. The molecule has 0 aromatic heterocycles. The highest BCUT2D eigenvalue weighted by Crippen LogP contribution is 2.40. The molecule has 164 valence electrons. The van der Waals surface area contributed by atoms with Gasteiger partial charge in [-0.1, -0.05) is 37.3 Å². The Morgan fingerprint density at radius 2 is 1.73 bits per heavy atom. The molecule has 1 aliphatic heterocycles. The van der Waals surface area contributed by atoms with Gasteiger partial charge in [0, 0.05) is 24.3 Å². The van der Waals surface area contributed by atoms with Crippen molar-refractivity contribution in [2.24, 2.45) is 11.3 Å². The number of likely N-dealkylation sites (tertiary alicyclic amines) is 1. The molecule has 3 rings (SSSR count). The molecule has 30 heavy (non-hydrogen) atoms. The van der Waals surface area contributed by atoms with E-state index in [4.69, 9.17) is 9.47 Å². The van der Waals surface area contributed by atoms with Gasteiger partial charge in [0.1, 0.15) is 6.54 Å². The van der Waals surface area contributed by atoms with Crippen molar-refractivity contribution in [3.05, 3.63) is 59.7 Å². The van der Waals surface area contributed by atoms with E-state index < -0.39 is 0 Å². The van der Waals surface area contributed by atoms with Gasteiger partial charge < -0.3 is 19.7 Å². The van der Waals surface area contributed by atoms with Gasteiger partial charge in [0.2, 0.25) is 0 Å². The summed E-state index contributed by atoms with van der Waals surface area (Å²) in [5, 5.41) is 2.45. The van der Waals surface area contributed by atoms with Gasteiger partial charge in [-0.2, -0.15) is 0 Å². The van der Waals surface area contributed by atoms with Crippen molar-refractivity contribution in [1.29, 1.82) is 0 Å². The monoisotopic (exact) mass is 412 g/mol. The number of ether oxygens (including phenoxy) is 2. The highest BCUT2D eigenvalue weighted by atomic mass is 16.5. The third-order valence-corrected chi connectivity index (χ3v) is 7.30. The van der Waals surface area contributed by atoms with Crippen LogP contribution in [-0.4, -0.2) is 40.4 Å². The maximum absolute atomic E-state index is 5.46. The molecule has 3 N–H and O–H groups in total. The lowest BCUT2D eigenvalue weighted by molar-refractivity contribution is -0.916. The van der Waals surface area contributed by atoms with Crippen LogP contribution >= 0.6 is 0 Å². The Labute approximate surface area is 182 Å². The highest BCUT2D eigenvalue weighted by molar-refractivity contribution is 5.42. The Morgan fingerprint density at radius 3 is 2.43 bits per heavy atom. The Balaban J connectivity index is 1.65. The molecule has 0 radical (unpaired) electrons. The molecular formula is C26H40N2O2+2. The number of quaternary nitrogens is 2. The quantitative estimate of drug-likeness (QED) is 0.621. The average molecular weight is 413 g/mol. The van der Waals surface area contributed by atoms with Crippen LogP contribution in [-0.2, 0) is 13.0 Å². The average Bonchev–Trinajstić information content (AvgIpc) is 2.76. The standard InChI is InChI=1S/C26H38N2O2/c1-20-19-28(3)21(2)16-26(20,17-22-9-7-6-8-10-22)13-14-27-18-23-11-12-24(29-4)25(15-23)30-5/h6-12,15,20-21,27H,13-14,16-19H2,1-5H3/p+2/t20-,21-,26-/m1/s1. The molecule has 4 heteroatoms. The summed E-state index contributed by atoms with van der Waals surface area (Å²) in [4.78, 5) is 1.68. The van der Waals surface area contributed by atoms with Gasteiger partial charge >= 0.3 is 0 Å². The molecule has 1 fully saturated rings. The Hall–Kier alpha value is -2.04. The normalized spacial score (nSPS) is 26.4. The van der Waals surface area contributed by atoms with E-state index >= 15 is 0 Å². The SMILES string of the molecule is COc1ccc(C[NH2+]CC[C@]2(Cc3ccccc3)C[C@@H](C)[NH+](C)C[C@H]2C)cc1OC. The van der Waals surface area contributed by atoms with Crippen LogP contribution in [0, 0.1) is 11.3 Å². The van der Waals surface area contributed by atoms with E-state index in [9.17, 15) is 0 Å². The van der Waals surface area contributed by atoms with Crippen LogP contribution < -0.4 is 19.7 Å². The smallest absolute Gasteiger partial charge is 0.161 e. The molecule has 1 unspecified atom stereocenters. The molecule has 2 aromatic carbocycles. The van der Waals surface area contributed by atoms with Crippen LogP contribution in [0.4, 0.5) is 0 Å². The number of benzene rings is 2.